The maximum absolute atomic E-state index is 14.0. The van der Waals surface area contributed by atoms with Gasteiger partial charge in [-0.15, -0.1) is 0 Å². The standard InChI is InChI=1S/C18H18ClFN2O/c19-15-2-1-3-16(9-15)22-17(23)8-13-4-6-14(7-5-13)10-18(20)11-21-12-18/h1-7,9,21H,8,10-12H2,(H,22,23). The number of halogens is 2. The Morgan fingerprint density at radius 1 is 1.17 bits per heavy atom. The Morgan fingerprint density at radius 3 is 2.48 bits per heavy atom. The SMILES string of the molecule is O=C(Cc1ccc(CC2(F)CNC2)cc1)Nc1cccc(Cl)c1. The zero-order valence-electron chi connectivity index (χ0n) is 12.6. The molecule has 2 N–H and O–H groups in total. The van der Waals surface area contributed by atoms with Gasteiger partial charge in [0, 0.05) is 30.2 Å². The highest BCUT2D eigenvalue weighted by Gasteiger charge is 2.36. The van der Waals surface area contributed by atoms with Crippen LogP contribution in [0.1, 0.15) is 11.1 Å². The van der Waals surface area contributed by atoms with Gasteiger partial charge in [0.25, 0.3) is 0 Å². The number of hydrogen-bond acceptors (Lipinski definition) is 2. The van der Waals surface area contributed by atoms with Gasteiger partial charge in [0.1, 0.15) is 5.67 Å². The molecule has 0 aromatic heterocycles. The summed E-state index contributed by atoms with van der Waals surface area (Å²) in [6.45, 7) is 0.827. The van der Waals surface area contributed by atoms with Crippen LogP contribution in [0.3, 0.4) is 0 Å². The van der Waals surface area contributed by atoms with E-state index in [0.29, 0.717) is 30.2 Å². The lowest BCUT2D eigenvalue weighted by Crippen LogP contribution is -2.57. The van der Waals surface area contributed by atoms with Crippen molar-refractivity contribution in [1.29, 1.82) is 0 Å². The summed E-state index contributed by atoms with van der Waals surface area (Å²) in [4.78, 5) is 12.0. The smallest absolute Gasteiger partial charge is 0.228 e. The number of rotatable bonds is 5. The first kappa shape index (κ1) is 16.0. The number of alkyl halides is 1. The summed E-state index contributed by atoms with van der Waals surface area (Å²) in [6, 6.07) is 14.6. The van der Waals surface area contributed by atoms with Crippen LogP contribution in [0.25, 0.3) is 0 Å². The number of carbonyl (C=O) groups excluding carboxylic acids is 1. The molecule has 0 radical (unpaired) electrons. The lowest BCUT2D eigenvalue weighted by molar-refractivity contribution is -0.115. The van der Waals surface area contributed by atoms with Crippen molar-refractivity contribution < 1.29 is 9.18 Å². The fourth-order valence-corrected chi connectivity index (χ4v) is 2.81. The van der Waals surface area contributed by atoms with E-state index in [4.69, 9.17) is 11.6 Å². The Morgan fingerprint density at radius 2 is 1.87 bits per heavy atom. The minimum absolute atomic E-state index is 0.106. The van der Waals surface area contributed by atoms with Crippen LogP contribution in [-0.2, 0) is 17.6 Å². The van der Waals surface area contributed by atoms with E-state index in [2.05, 4.69) is 10.6 Å². The summed E-state index contributed by atoms with van der Waals surface area (Å²) >= 11 is 5.89. The van der Waals surface area contributed by atoms with Gasteiger partial charge in [-0.05, 0) is 29.3 Å². The number of amides is 1. The van der Waals surface area contributed by atoms with Crippen molar-refractivity contribution in [2.24, 2.45) is 0 Å². The van der Waals surface area contributed by atoms with Gasteiger partial charge in [0.2, 0.25) is 5.91 Å². The second kappa shape index (κ2) is 6.69. The Bertz CT molecular complexity index is 698. The van der Waals surface area contributed by atoms with E-state index in [1.807, 2.05) is 24.3 Å². The molecular weight excluding hydrogens is 315 g/mol. The van der Waals surface area contributed by atoms with Crippen LogP contribution < -0.4 is 10.6 Å². The Labute approximate surface area is 139 Å². The van der Waals surface area contributed by atoms with Gasteiger partial charge < -0.3 is 10.6 Å². The van der Waals surface area contributed by atoms with Gasteiger partial charge in [0.05, 0.1) is 6.42 Å². The summed E-state index contributed by atoms with van der Waals surface area (Å²) in [5, 5.41) is 6.34. The number of nitrogens with one attached hydrogen (secondary N) is 2. The molecule has 5 heteroatoms. The monoisotopic (exact) mass is 332 g/mol. The van der Waals surface area contributed by atoms with Gasteiger partial charge in [-0.2, -0.15) is 0 Å². The van der Waals surface area contributed by atoms with E-state index in [9.17, 15) is 9.18 Å². The van der Waals surface area contributed by atoms with Crippen molar-refractivity contribution in [3.8, 4) is 0 Å². The number of anilines is 1. The molecule has 0 aliphatic carbocycles. The minimum atomic E-state index is -1.12. The number of hydrogen-bond donors (Lipinski definition) is 2. The topological polar surface area (TPSA) is 41.1 Å². The first-order chi connectivity index (χ1) is 11.0. The molecule has 1 aliphatic heterocycles. The van der Waals surface area contributed by atoms with Crippen molar-refractivity contribution >= 4 is 23.2 Å². The highest BCUT2D eigenvalue weighted by Crippen LogP contribution is 2.22. The average molecular weight is 333 g/mol. The summed E-state index contributed by atoms with van der Waals surface area (Å²) in [5.41, 5.74) is 1.41. The van der Waals surface area contributed by atoms with Crippen LogP contribution in [0.2, 0.25) is 5.02 Å². The van der Waals surface area contributed by atoms with Crippen molar-refractivity contribution in [2.75, 3.05) is 18.4 Å². The van der Waals surface area contributed by atoms with E-state index >= 15 is 0 Å². The zero-order chi connectivity index (χ0) is 16.3. The zero-order valence-corrected chi connectivity index (χ0v) is 13.4. The molecule has 120 valence electrons. The summed E-state index contributed by atoms with van der Waals surface area (Å²) < 4.78 is 14.0. The molecule has 0 saturated carbocycles. The maximum atomic E-state index is 14.0. The van der Waals surface area contributed by atoms with E-state index in [1.165, 1.54) is 0 Å². The third kappa shape index (κ3) is 4.30. The summed E-state index contributed by atoms with van der Waals surface area (Å²) in [7, 11) is 0. The first-order valence-electron chi connectivity index (χ1n) is 7.55. The molecule has 1 aliphatic rings. The lowest BCUT2D eigenvalue weighted by atomic mass is 9.90. The molecule has 2 aromatic rings. The van der Waals surface area contributed by atoms with Gasteiger partial charge in [-0.25, -0.2) is 4.39 Å². The Kier molecular flexibility index (Phi) is 4.64. The van der Waals surface area contributed by atoms with Gasteiger partial charge in [0.15, 0.2) is 0 Å². The van der Waals surface area contributed by atoms with E-state index in [1.54, 1.807) is 24.3 Å². The Balaban J connectivity index is 1.56. The van der Waals surface area contributed by atoms with Crippen LogP contribution in [0.4, 0.5) is 10.1 Å². The molecule has 1 saturated heterocycles. The number of carbonyl (C=O) groups is 1. The van der Waals surface area contributed by atoms with E-state index in [0.717, 1.165) is 11.1 Å². The minimum Gasteiger partial charge on any atom is -0.326 e. The second-order valence-electron chi connectivity index (χ2n) is 5.98. The van der Waals surface area contributed by atoms with E-state index in [-0.39, 0.29) is 12.3 Å². The number of benzene rings is 2. The fourth-order valence-electron chi connectivity index (χ4n) is 2.62. The largest absolute Gasteiger partial charge is 0.326 e. The van der Waals surface area contributed by atoms with Crippen molar-refractivity contribution in [1.82, 2.24) is 5.32 Å². The molecule has 23 heavy (non-hydrogen) atoms. The highest BCUT2D eigenvalue weighted by molar-refractivity contribution is 6.30. The normalized spacial score (nSPS) is 15.7. The third-order valence-electron chi connectivity index (χ3n) is 3.90. The Hall–Kier alpha value is -1.91. The van der Waals surface area contributed by atoms with Crippen molar-refractivity contribution in [3.05, 3.63) is 64.7 Å². The molecule has 3 nitrogen and oxygen atoms in total. The molecule has 0 atom stereocenters. The van der Waals surface area contributed by atoms with E-state index < -0.39 is 5.67 Å². The summed E-state index contributed by atoms with van der Waals surface area (Å²) in [6.07, 6.45) is 0.685. The molecule has 1 amide bonds. The van der Waals surface area contributed by atoms with Crippen LogP contribution in [0, 0.1) is 0 Å². The molecular formula is C18H18ClFN2O. The van der Waals surface area contributed by atoms with Crippen molar-refractivity contribution in [2.45, 2.75) is 18.5 Å². The van der Waals surface area contributed by atoms with Crippen molar-refractivity contribution in [3.63, 3.8) is 0 Å². The van der Waals surface area contributed by atoms with Gasteiger partial charge in [-0.1, -0.05) is 41.9 Å². The predicted octanol–water partition coefficient (Wildman–Crippen LogP) is 3.38. The molecule has 0 unspecified atom stereocenters. The average Bonchev–Trinajstić information content (AvgIpc) is 2.47. The lowest BCUT2D eigenvalue weighted by Gasteiger charge is -2.35. The van der Waals surface area contributed by atoms with Gasteiger partial charge >= 0.3 is 0 Å². The first-order valence-corrected chi connectivity index (χ1v) is 7.93. The van der Waals surface area contributed by atoms with Crippen LogP contribution in [0.15, 0.2) is 48.5 Å². The second-order valence-corrected chi connectivity index (χ2v) is 6.42. The molecule has 3 rings (SSSR count). The predicted molar refractivity (Wildman–Crippen MR) is 90.6 cm³/mol. The van der Waals surface area contributed by atoms with Crippen LogP contribution >= 0.6 is 11.6 Å². The molecule has 0 spiro atoms. The third-order valence-corrected chi connectivity index (χ3v) is 4.14. The quantitative estimate of drug-likeness (QED) is 0.881. The summed E-state index contributed by atoms with van der Waals surface area (Å²) in [5.74, 6) is -0.106. The van der Waals surface area contributed by atoms with Gasteiger partial charge in [-0.3, -0.25) is 4.79 Å². The molecule has 0 bridgehead atoms. The van der Waals surface area contributed by atoms with Crippen LogP contribution in [0.5, 0.6) is 0 Å². The highest BCUT2D eigenvalue weighted by atomic mass is 35.5. The molecule has 2 aromatic carbocycles. The van der Waals surface area contributed by atoms with Crippen LogP contribution in [-0.4, -0.2) is 24.7 Å². The maximum Gasteiger partial charge on any atom is 0.228 e. The molecule has 1 fully saturated rings. The molecule has 1 heterocycles. The fraction of sp³-hybridized carbons (Fsp3) is 0.278.